The minimum Gasteiger partial charge on any atom is -0.379 e. The Kier molecular flexibility index (Phi) is 12.5. The molecule has 0 aliphatic carbocycles. The summed E-state index contributed by atoms with van der Waals surface area (Å²) in [6, 6.07) is 0. The molecule has 122 valence electrons. The van der Waals surface area contributed by atoms with E-state index in [0.29, 0.717) is 51.0 Å². The van der Waals surface area contributed by atoms with Crippen LogP contribution in [0.15, 0.2) is 0 Å². The molecular weight excluding hydrogens is 256 g/mol. The molecule has 0 aromatic rings. The second-order valence-corrected chi connectivity index (χ2v) is 6.62. The van der Waals surface area contributed by atoms with Crippen molar-refractivity contribution >= 4 is 0 Å². The highest BCUT2D eigenvalue weighted by molar-refractivity contribution is 4.59. The van der Waals surface area contributed by atoms with E-state index in [1.807, 2.05) is 0 Å². The van der Waals surface area contributed by atoms with E-state index in [1.54, 1.807) is 0 Å². The fourth-order valence-corrected chi connectivity index (χ4v) is 1.36. The number of ether oxygens (including phenoxy) is 4. The predicted molar refractivity (Wildman–Crippen MR) is 82.2 cm³/mol. The molecule has 0 aliphatic heterocycles. The molecule has 20 heavy (non-hydrogen) atoms. The summed E-state index contributed by atoms with van der Waals surface area (Å²) in [6.07, 6.45) is 1.08. The Bertz CT molecular complexity index is 199. The van der Waals surface area contributed by atoms with Crippen molar-refractivity contribution in [2.45, 2.75) is 41.0 Å². The molecule has 0 saturated heterocycles. The van der Waals surface area contributed by atoms with Crippen LogP contribution in [0, 0.1) is 11.3 Å². The van der Waals surface area contributed by atoms with Crippen molar-refractivity contribution in [1.29, 1.82) is 0 Å². The fourth-order valence-electron chi connectivity index (χ4n) is 1.36. The van der Waals surface area contributed by atoms with Crippen molar-refractivity contribution in [2.24, 2.45) is 11.3 Å². The lowest BCUT2D eigenvalue weighted by Crippen LogP contribution is -2.14. The minimum atomic E-state index is 0.340. The Morgan fingerprint density at radius 2 is 1.05 bits per heavy atom. The first-order valence-corrected chi connectivity index (χ1v) is 7.73. The van der Waals surface area contributed by atoms with Crippen molar-refractivity contribution in [3.05, 3.63) is 0 Å². The standard InChI is InChI=1S/C16H34O4/c1-15(2)14-20-13-12-19-11-10-18-9-8-17-7-6-16(3,4)5/h15H,6-14H2,1-5H3. The number of hydrogen-bond donors (Lipinski definition) is 0. The third-order valence-corrected chi connectivity index (χ3v) is 2.56. The molecule has 0 saturated carbocycles. The first kappa shape index (κ1) is 19.8. The van der Waals surface area contributed by atoms with Crippen molar-refractivity contribution in [1.82, 2.24) is 0 Å². The molecule has 0 aromatic heterocycles. The van der Waals surface area contributed by atoms with E-state index in [4.69, 9.17) is 18.9 Å². The molecule has 0 aliphatic rings. The SMILES string of the molecule is CC(C)COCCOCCOCCOCCC(C)(C)C. The van der Waals surface area contributed by atoms with Gasteiger partial charge in [0.15, 0.2) is 0 Å². The van der Waals surface area contributed by atoms with Crippen LogP contribution in [0.4, 0.5) is 0 Å². The van der Waals surface area contributed by atoms with Crippen LogP contribution in [0.2, 0.25) is 0 Å². The summed E-state index contributed by atoms with van der Waals surface area (Å²) in [4.78, 5) is 0. The van der Waals surface area contributed by atoms with Crippen LogP contribution in [-0.2, 0) is 18.9 Å². The molecule has 0 spiro atoms. The van der Waals surface area contributed by atoms with Gasteiger partial charge in [0, 0.05) is 13.2 Å². The Morgan fingerprint density at radius 3 is 1.45 bits per heavy atom. The maximum Gasteiger partial charge on any atom is 0.0701 e. The average Bonchev–Trinajstić information content (AvgIpc) is 2.33. The molecule has 0 atom stereocenters. The summed E-state index contributed by atoms with van der Waals surface area (Å²) in [5.74, 6) is 0.580. The first-order chi connectivity index (χ1) is 9.42. The molecule has 0 aromatic carbocycles. The smallest absolute Gasteiger partial charge is 0.0701 e. The summed E-state index contributed by atoms with van der Waals surface area (Å²) in [5, 5.41) is 0. The highest BCUT2D eigenvalue weighted by Gasteiger charge is 2.08. The van der Waals surface area contributed by atoms with Crippen molar-refractivity contribution in [3.63, 3.8) is 0 Å². The van der Waals surface area contributed by atoms with Gasteiger partial charge in [-0.25, -0.2) is 0 Å². The summed E-state index contributed by atoms with van der Waals surface area (Å²) < 4.78 is 21.7. The van der Waals surface area contributed by atoms with Gasteiger partial charge in [0.25, 0.3) is 0 Å². The minimum absolute atomic E-state index is 0.340. The van der Waals surface area contributed by atoms with Crippen LogP contribution in [0.1, 0.15) is 41.0 Å². The second-order valence-electron chi connectivity index (χ2n) is 6.62. The molecule has 4 nitrogen and oxygen atoms in total. The Balaban J connectivity index is 3.03. The molecule has 0 radical (unpaired) electrons. The third-order valence-electron chi connectivity index (χ3n) is 2.56. The van der Waals surface area contributed by atoms with Gasteiger partial charge < -0.3 is 18.9 Å². The number of rotatable bonds is 13. The van der Waals surface area contributed by atoms with Gasteiger partial charge >= 0.3 is 0 Å². The zero-order valence-corrected chi connectivity index (χ0v) is 14.1. The molecule has 4 heteroatoms. The number of hydrogen-bond acceptors (Lipinski definition) is 4. The van der Waals surface area contributed by atoms with E-state index < -0.39 is 0 Å². The average molecular weight is 290 g/mol. The van der Waals surface area contributed by atoms with Crippen LogP contribution >= 0.6 is 0 Å². The molecular formula is C16H34O4. The van der Waals surface area contributed by atoms with Crippen LogP contribution in [0.25, 0.3) is 0 Å². The van der Waals surface area contributed by atoms with Gasteiger partial charge in [-0.1, -0.05) is 34.6 Å². The molecule has 0 N–H and O–H groups in total. The maximum absolute atomic E-state index is 5.51. The first-order valence-electron chi connectivity index (χ1n) is 7.73. The van der Waals surface area contributed by atoms with E-state index in [2.05, 4.69) is 34.6 Å². The fraction of sp³-hybridized carbons (Fsp3) is 1.00. The summed E-state index contributed by atoms with van der Waals surface area (Å²) in [7, 11) is 0. The van der Waals surface area contributed by atoms with E-state index in [0.717, 1.165) is 19.6 Å². The van der Waals surface area contributed by atoms with Crippen LogP contribution in [-0.4, -0.2) is 52.9 Å². The molecule has 0 fully saturated rings. The van der Waals surface area contributed by atoms with Crippen molar-refractivity contribution < 1.29 is 18.9 Å². The van der Waals surface area contributed by atoms with E-state index in [9.17, 15) is 0 Å². The van der Waals surface area contributed by atoms with Crippen molar-refractivity contribution in [3.8, 4) is 0 Å². The summed E-state index contributed by atoms with van der Waals surface area (Å²) in [5.41, 5.74) is 0.340. The van der Waals surface area contributed by atoms with Crippen LogP contribution in [0.3, 0.4) is 0 Å². The lowest BCUT2D eigenvalue weighted by Gasteiger charge is -2.17. The Hall–Kier alpha value is -0.160. The molecule has 0 unspecified atom stereocenters. The van der Waals surface area contributed by atoms with Crippen LogP contribution in [0.5, 0.6) is 0 Å². The van der Waals surface area contributed by atoms with E-state index in [1.165, 1.54) is 0 Å². The van der Waals surface area contributed by atoms with Gasteiger partial charge in [-0.3, -0.25) is 0 Å². The monoisotopic (exact) mass is 290 g/mol. The maximum atomic E-state index is 5.51. The second kappa shape index (κ2) is 12.6. The lowest BCUT2D eigenvalue weighted by molar-refractivity contribution is -0.00654. The molecule has 0 rings (SSSR count). The van der Waals surface area contributed by atoms with E-state index in [-0.39, 0.29) is 0 Å². The normalized spacial score (nSPS) is 12.3. The topological polar surface area (TPSA) is 36.9 Å². The van der Waals surface area contributed by atoms with Crippen LogP contribution < -0.4 is 0 Å². The summed E-state index contributed by atoms with van der Waals surface area (Å²) in [6.45, 7) is 16.4. The van der Waals surface area contributed by atoms with Gasteiger partial charge in [0.05, 0.1) is 39.6 Å². The van der Waals surface area contributed by atoms with Gasteiger partial charge in [-0.05, 0) is 17.8 Å². The van der Waals surface area contributed by atoms with E-state index >= 15 is 0 Å². The van der Waals surface area contributed by atoms with Gasteiger partial charge in [0.1, 0.15) is 0 Å². The zero-order chi connectivity index (χ0) is 15.3. The van der Waals surface area contributed by atoms with Gasteiger partial charge in [-0.2, -0.15) is 0 Å². The molecule has 0 heterocycles. The zero-order valence-electron chi connectivity index (χ0n) is 14.1. The Labute approximate surface area is 125 Å². The van der Waals surface area contributed by atoms with Crippen molar-refractivity contribution in [2.75, 3.05) is 52.9 Å². The lowest BCUT2D eigenvalue weighted by atomic mass is 9.93. The quantitative estimate of drug-likeness (QED) is 0.488. The largest absolute Gasteiger partial charge is 0.379 e. The molecule has 0 amide bonds. The van der Waals surface area contributed by atoms with Gasteiger partial charge in [0.2, 0.25) is 0 Å². The van der Waals surface area contributed by atoms with Gasteiger partial charge in [-0.15, -0.1) is 0 Å². The highest BCUT2D eigenvalue weighted by Crippen LogP contribution is 2.17. The third kappa shape index (κ3) is 17.8. The Morgan fingerprint density at radius 1 is 0.650 bits per heavy atom. The highest BCUT2D eigenvalue weighted by atomic mass is 16.6. The summed E-state index contributed by atoms with van der Waals surface area (Å²) >= 11 is 0. The molecule has 0 bridgehead atoms. The predicted octanol–water partition coefficient (Wildman–Crippen LogP) is 3.15.